The Kier molecular flexibility index (Phi) is 7.66. The van der Waals surface area contributed by atoms with Crippen molar-refractivity contribution in [3.05, 3.63) is 60.0 Å². The van der Waals surface area contributed by atoms with Crippen molar-refractivity contribution in [3.63, 3.8) is 0 Å². The van der Waals surface area contributed by atoms with Gasteiger partial charge in [-0.15, -0.1) is 0 Å². The molecule has 1 saturated heterocycles. The van der Waals surface area contributed by atoms with Crippen molar-refractivity contribution in [2.75, 3.05) is 11.9 Å². The fourth-order valence-corrected chi connectivity index (χ4v) is 4.36. The van der Waals surface area contributed by atoms with Crippen LogP contribution in [0.1, 0.15) is 44.4 Å². The van der Waals surface area contributed by atoms with Crippen LogP contribution in [-0.4, -0.2) is 67.0 Å². The summed E-state index contributed by atoms with van der Waals surface area (Å²) in [7, 11) is 0. The number of anilines is 1. The van der Waals surface area contributed by atoms with Crippen molar-refractivity contribution in [3.8, 4) is 0 Å². The molecule has 0 spiro atoms. The molecule has 2 aromatic heterocycles. The smallest absolute Gasteiger partial charge is 0.310 e. The highest BCUT2D eigenvalue weighted by Crippen LogP contribution is 2.40. The maximum Gasteiger partial charge on any atom is 0.310 e. The van der Waals surface area contributed by atoms with Crippen molar-refractivity contribution in [1.82, 2.24) is 14.6 Å². The Balaban J connectivity index is 1.47. The number of carbonyl (C=O) groups excluding carboxylic acids is 1. The second kappa shape index (κ2) is 10.7. The van der Waals surface area contributed by atoms with Crippen LogP contribution in [0, 0.1) is 0 Å². The Labute approximate surface area is 203 Å². The van der Waals surface area contributed by atoms with Crippen LogP contribution >= 0.6 is 0 Å². The summed E-state index contributed by atoms with van der Waals surface area (Å²) in [6, 6.07) is 12.7. The number of fused-ring (bicyclic) bond motifs is 1. The summed E-state index contributed by atoms with van der Waals surface area (Å²) < 4.78 is 13.0. The van der Waals surface area contributed by atoms with Gasteiger partial charge < -0.3 is 30.1 Å². The third kappa shape index (κ3) is 5.30. The first-order valence-corrected chi connectivity index (χ1v) is 11.8. The van der Waals surface area contributed by atoms with E-state index < -0.39 is 36.1 Å². The van der Waals surface area contributed by atoms with Gasteiger partial charge >= 0.3 is 5.97 Å². The van der Waals surface area contributed by atoms with Gasteiger partial charge in [0.2, 0.25) is 0 Å². The summed E-state index contributed by atoms with van der Waals surface area (Å²) in [5, 5.41) is 39.1. The molecule has 1 fully saturated rings. The lowest BCUT2D eigenvalue weighted by Gasteiger charge is -2.27. The van der Waals surface area contributed by atoms with Crippen LogP contribution in [0.15, 0.2) is 48.8 Å². The molecule has 3 aromatic rings. The number of aliphatic hydroxyl groups is 3. The van der Waals surface area contributed by atoms with Gasteiger partial charge in [-0.3, -0.25) is 4.79 Å². The number of ether oxygens (including phenoxy) is 2. The third-order valence-electron chi connectivity index (χ3n) is 6.36. The van der Waals surface area contributed by atoms with Crippen molar-refractivity contribution >= 4 is 17.3 Å². The molecule has 10 nitrogen and oxygen atoms in total. The standard InChI is InChI=1S/C25H32N4O6/c1-3-4-10-20(30)28-24-17-11-12-19(29(17)27-15-26-24)25(2)23(33)22(32)18(35-25)14-34-21(31)13-16-8-6-5-7-9-16/h5-9,11-12,15,18,20,22-23,30,32-33H,3-4,10,13-14H2,1-2H3,(H,26,27,28)/t18-,20?,22-,23-,25+/m1/s1. The van der Waals surface area contributed by atoms with E-state index in [0.717, 1.165) is 18.4 Å². The lowest BCUT2D eigenvalue weighted by atomic mass is 9.93. The van der Waals surface area contributed by atoms with E-state index in [-0.39, 0.29) is 13.0 Å². The number of carbonyl (C=O) groups is 1. The van der Waals surface area contributed by atoms with Crippen LogP contribution in [0.2, 0.25) is 0 Å². The van der Waals surface area contributed by atoms with Gasteiger partial charge in [0.15, 0.2) is 5.82 Å². The molecule has 10 heteroatoms. The highest BCUT2D eigenvalue weighted by atomic mass is 16.6. The first-order chi connectivity index (χ1) is 16.8. The second-order valence-corrected chi connectivity index (χ2v) is 8.97. The maximum absolute atomic E-state index is 12.2. The largest absolute Gasteiger partial charge is 0.463 e. The molecule has 1 aliphatic rings. The fourth-order valence-electron chi connectivity index (χ4n) is 4.36. The van der Waals surface area contributed by atoms with Gasteiger partial charge in [-0.05, 0) is 37.5 Å². The van der Waals surface area contributed by atoms with E-state index in [2.05, 4.69) is 22.3 Å². The molecule has 0 saturated carbocycles. The predicted octanol–water partition coefficient (Wildman–Crippen LogP) is 1.77. The van der Waals surface area contributed by atoms with E-state index in [1.54, 1.807) is 23.6 Å². The van der Waals surface area contributed by atoms with E-state index in [1.165, 1.54) is 6.33 Å². The zero-order chi connectivity index (χ0) is 25.0. The summed E-state index contributed by atoms with van der Waals surface area (Å²) in [5.41, 5.74) is 0.571. The monoisotopic (exact) mass is 484 g/mol. The van der Waals surface area contributed by atoms with Gasteiger partial charge in [-0.2, -0.15) is 5.10 Å². The first kappa shape index (κ1) is 25.1. The molecule has 4 rings (SSSR count). The van der Waals surface area contributed by atoms with E-state index in [1.807, 2.05) is 30.3 Å². The minimum Gasteiger partial charge on any atom is -0.463 e. The molecule has 35 heavy (non-hydrogen) atoms. The number of rotatable bonds is 10. The lowest BCUT2D eigenvalue weighted by Crippen LogP contribution is -2.39. The summed E-state index contributed by atoms with van der Waals surface area (Å²) >= 11 is 0. The molecular formula is C25H32N4O6. The van der Waals surface area contributed by atoms with Crippen molar-refractivity contribution < 1.29 is 29.6 Å². The van der Waals surface area contributed by atoms with E-state index >= 15 is 0 Å². The number of benzene rings is 1. The fraction of sp³-hybridized carbons (Fsp3) is 0.480. The Bertz CT molecular complexity index is 1140. The van der Waals surface area contributed by atoms with Crippen LogP contribution in [0.25, 0.3) is 5.52 Å². The maximum atomic E-state index is 12.2. The van der Waals surface area contributed by atoms with Crippen LogP contribution in [0.3, 0.4) is 0 Å². The number of nitrogens with zero attached hydrogens (tertiary/aromatic N) is 3. The number of unbranched alkanes of at least 4 members (excludes halogenated alkanes) is 1. The van der Waals surface area contributed by atoms with Crippen LogP contribution in [-0.2, 0) is 26.3 Å². The summed E-state index contributed by atoms with van der Waals surface area (Å²) in [4.78, 5) is 16.5. The zero-order valence-corrected chi connectivity index (χ0v) is 19.9. The molecule has 0 aliphatic carbocycles. The molecule has 3 heterocycles. The molecule has 1 aliphatic heterocycles. The quantitative estimate of drug-likeness (QED) is 0.250. The molecule has 1 aromatic carbocycles. The predicted molar refractivity (Wildman–Crippen MR) is 127 cm³/mol. The van der Waals surface area contributed by atoms with E-state index in [0.29, 0.717) is 23.4 Å². The average Bonchev–Trinajstić information content (AvgIpc) is 3.39. The number of hydrogen-bond acceptors (Lipinski definition) is 9. The molecule has 4 N–H and O–H groups in total. The first-order valence-electron chi connectivity index (χ1n) is 11.8. The van der Waals surface area contributed by atoms with Crippen molar-refractivity contribution in [1.29, 1.82) is 0 Å². The molecule has 0 bridgehead atoms. The normalized spacial score (nSPS) is 25.0. The van der Waals surface area contributed by atoms with Crippen molar-refractivity contribution in [2.45, 2.75) is 69.7 Å². The summed E-state index contributed by atoms with van der Waals surface area (Å²) in [6.45, 7) is 3.50. The number of hydrogen-bond donors (Lipinski definition) is 4. The number of esters is 1. The number of aromatic nitrogens is 3. The number of aliphatic hydroxyl groups excluding tert-OH is 3. The Morgan fingerprint density at radius 2 is 2.03 bits per heavy atom. The van der Waals surface area contributed by atoms with E-state index in [4.69, 9.17) is 9.47 Å². The van der Waals surface area contributed by atoms with E-state index in [9.17, 15) is 20.1 Å². The minimum absolute atomic E-state index is 0.101. The molecule has 5 atom stereocenters. The topological polar surface area (TPSA) is 138 Å². The highest BCUT2D eigenvalue weighted by molar-refractivity contribution is 5.72. The van der Waals surface area contributed by atoms with Crippen LogP contribution < -0.4 is 5.32 Å². The molecule has 188 valence electrons. The Morgan fingerprint density at radius 1 is 1.26 bits per heavy atom. The minimum atomic E-state index is -1.32. The Hall–Kier alpha value is -3.05. The van der Waals surface area contributed by atoms with Gasteiger partial charge in [-0.1, -0.05) is 43.7 Å². The lowest BCUT2D eigenvalue weighted by molar-refractivity contribution is -0.151. The van der Waals surface area contributed by atoms with Gasteiger partial charge in [0.25, 0.3) is 0 Å². The summed E-state index contributed by atoms with van der Waals surface area (Å²) in [5.74, 6) is -0.00815. The SMILES string of the molecule is CCCCC(O)Nc1ncnn2c([C@]3(C)O[C@H](COC(=O)Cc4ccccc4)[C@@H](O)[C@H]3O)ccc12. The van der Waals surface area contributed by atoms with Crippen LogP contribution in [0.4, 0.5) is 5.82 Å². The van der Waals surface area contributed by atoms with Gasteiger partial charge in [-0.25, -0.2) is 9.50 Å². The molecule has 1 unspecified atom stereocenters. The highest BCUT2D eigenvalue weighted by Gasteiger charge is 2.54. The second-order valence-electron chi connectivity index (χ2n) is 8.97. The van der Waals surface area contributed by atoms with Gasteiger partial charge in [0.05, 0.1) is 12.1 Å². The molecule has 0 radical (unpaired) electrons. The summed E-state index contributed by atoms with van der Waals surface area (Å²) in [6.07, 6.45) is -0.384. The number of nitrogens with one attached hydrogen (secondary N) is 1. The average molecular weight is 485 g/mol. The molecule has 0 amide bonds. The van der Waals surface area contributed by atoms with Gasteiger partial charge in [0, 0.05) is 0 Å². The third-order valence-corrected chi connectivity index (χ3v) is 6.36. The van der Waals surface area contributed by atoms with Crippen molar-refractivity contribution in [2.24, 2.45) is 0 Å². The molecular weight excluding hydrogens is 452 g/mol. The van der Waals surface area contributed by atoms with Gasteiger partial charge in [0.1, 0.15) is 48.6 Å². The Morgan fingerprint density at radius 3 is 2.77 bits per heavy atom. The van der Waals surface area contributed by atoms with Crippen LogP contribution in [0.5, 0.6) is 0 Å². The zero-order valence-electron chi connectivity index (χ0n) is 19.9.